The summed E-state index contributed by atoms with van der Waals surface area (Å²) in [6.07, 6.45) is -1.67. The zero-order valence-electron chi connectivity index (χ0n) is 16.0. The summed E-state index contributed by atoms with van der Waals surface area (Å²) in [6, 6.07) is 11.6. The van der Waals surface area contributed by atoms with Gasteiger partial charge in [-0.2, -0.15) is 13.2 Å². The quantitative estimate of drug-likeness (QED) is 0.633. The van der Waals surface area contributed by atoms with Crippen LogP contribution in [0.2, 0.25) is 0 Å². The maximum atomic E-state index is 12.8. The summed E-state index contributed by atoms with van der Waals surface area (Å²) in [4.78, 5) is 26.2. The molecule has 2 aromatic heterocycles. The number of aryl methyl sites for hydroxylation is 1. The fourth-order valence-corrected chi connectivity index (χ4v) is 3.28. The Morgan fingerprint density at radius 3 is 2.53 bits per heavy atom. The second-order valence-corrected chi connectivity index (χ2v) is 6.95. The number of hydrogen-bond donors (Lipinski definition) is 0. The van der Waals surface area contributed by atoms with Crippen LogP contribution in [0.3, 0.4) is 0 Å². The van der Waals surface area contributed by atoms with Gasteiger partial charge in [-0.3, -0.25) is 9.78 Å². The molecule has 6 nitrogen and oxygen atoms in total. The number of hydrogen-bond acceptors (Lipinski definition) is 5. The zero-order chi connectivity index (χ0) is 21.3. The molecule has 0 spiro atoms. The summed E-state index contributed by atoms with van der Waals surface area (Å²) >= 11 is 0. The molecule has 9 heteroatoms. The number of halogens is 3. The molecule has 1 aromatic carbocycles. The van der Waals surface area contributed by atoms with E-state index in [1.54, 1.807) is 6.20 Å². The van der Waals surface area contributed by atoms with Gasteiger partial charge in [0.2, 0.25) is 5.88 Å². The molecule has 1 aliphatic heterocycles. The summed E-state index contributed by atoms with van der Waals surface area (Å²) in [5.74, 6) is -0.787. The van der Waals surface area contributed by atoms with Crippen LogP contribution in [-0.4, -0.2) is 38.5 Å². The summed E-state index contributed by atoms with van der Waals surface area (Å²) in [5, 5.41) is 0. The lowest BCUT2D eigenvalue weighted by molar-refractivity contribution is -0.154. The van der Waals surface area contributed by atoms with Crippen molar-refractivity contribution in [1.29, 1.82) is 0 Å². The molecular weight excluding hydrogens is 397 g/mol. The Morgan fingerprint density at radius 1 is 1.07 bits per heavy atom. The summed E-state index contributed by atoms with van der Waals surface area (Å²) < 4.78 is 42.1. The van der Waals surface area contributed by atoms with E-state index in [9.17, 15) is 18.0 Å². The Bertz CT molecular complexity index is 1080. The van der Waals surface area contributed by atoms with Gasteiger partial charge >= 0.3 is 6.18 Å². The lowest BCUT2D eigenvalue weighted by Crippen LogP contribution is -2.24. The van der Waals surface area contributed by atoms with E-state index in [0.29, 0.717) is 12.2 Å². The minimum atomic E-state index is -4.52. The van der Waals surface area contributed by atoms with Crippen molar-refractivity contribution in [3.05, 3.63) is 71.4 Å². The SMILES string of the molecule is Cc1cc(-c2ccc(CN3Cc4ncnc(OCC(F)(F)F)c4C3=O)cc2)ccn1. The molecule has 0 atom stereocenters. The van der Waals surface area contributed by atoms with Crippen LogP contribution in [0.4, 0.5) is 13.2 Å². The van der Waals surface area contributed by atoms with Gasteiger partial charge in [0.05, 0.1) is 12.2 Å². The molecular formula is C21H17F3N4O2. The molecule has 0 aliphatic carbocycles. The first kappa shape index (κ1) is 19.8. The van der Waals surface area contributed by atoms with Crippen molar-refractivity contribution in [2.75, 3.05) is 6.61 Å². The van der Waals surface area contributed by atoms with Crippen LogP contribution < -0.4 is 4.74 Å². The molecule has 1 aliphatic rings. The number of alkyl halides is 3. The lowest BCUT2D eigenvalue weighted by Gasteiger charge is -2.16. The van der Waals surface area contributed by atoms with E-state index in [-0.39, 0.29) is 18.0 Å². The molecule has 0 fully saturated rings. The molecule has 1 amide bonds. The first-order valence-electron chi connectivity index (χ1n) is 9.15. The Kier molecular flexibility index (Phi) is 5.11. The summed E-state index contributed by atoms with van der Waals surface area (Å²) in [5.41, 5.74) is 4.22. The van der Waals surface area contributed by atoms with Crippen molar-refractivity contribution < 1.29 is 22.7 Å². The topological polar surface area (TPSA) is 68.2 Å². The van der Waals surface area contributed by atoms with Crippen LogP contribution in [0.1, 0.15) is 27.3 Å². The highest BCUT2D eigenvalue weighted by atomic mass is 19.4. The van der Waals surface area contributed by atoms with Crippen LogP contribution in [0.25, 0.3) is 11.1 Å². The van der Waals surface area contributed by atoms with Gasteiger partial charge in [0, 0.05) is 18.4 Å². The van der Waals surface area contributed by atoms with E-state index in [0.717, 1.165) is 28.7 Å². The van der Waals surface area contributed by atoms with Crippen LogP contribution in [-0.2, 0) is 13.1 Å². The largest absolute Gasteiger partial charge is 0.467 e. The molecule has 0 saturated carbocycles. The second-order valence-electron chi connectivity index (χ2n) is 6.95. The van der Waals surface area contributed by atoms with Gasteiger partial charge in [0.1, 0.15) is 11.9 Å². The Morgan fingerprint density at radius 2 is 1.83 bits per heavy atom. The van der Waals surface area contributed by atoms with Gasteiger partial charge in [-0.1, -0.05) is 24.3 Å². The predicted molar refractivity (Wildman–Crippen MR) is 102 cm³/mol. The molecule has 0 bridgehead atoms. The van der Waals surface area contributed by atoms with Gasteiger partial charge < -0.3 is 9.64 Å². The van der Waals surface area contributed by atoms with Crippen molar-refractivity contribution in [3.8, 4) is 17.0 Å². The van der Waals surface area contributed by atoms with Gasteiger partial charge in [-0.15, -0.1) is 0 Å². The average molecular weight is 414 g/mol. The van der Waals surface area contributed by atoms with Gasteiger partial charge in [-0.05, 0) is 35.7 Å². The molecule has 0 unspecified atom stereocenters. The summed E-state index contributed by atoms with van der Waals surface area (Å²) in [6.45, 7) is 0.887. The standard InChI is InChI=1S/C21H17F3N4O2/c1-13-8-16(6-7-25-13)15-4-2-14(3-5-15)9-28-10-17-18(20(28)29)19(27-12-26-17)30-11-21(22,23)24/h2-8,12H,9-11H2,1H3. The van der Waals surface area contributed by atoms with E-state index >= 15 is 0 Å². The molecule has 3 aromatic rings. The van der Waals surface area contributed by atoms with Crippen molar-refractivity contribution >= 4 is 5.91 Å². The Hall–Kier alpha value is -3.49. The highest BCUT2D eigenvalue weighted by molar-refractivity contribution is 5.99. The van der Waals surface area contributed by atoms with E-state index in [1.165, 1.54) is 4.90 Å². The third kappa shape index (κ3) is 4.24. The van der Waals surface area contributed by atoms with Crippen molar-refractivity contribution in [2.45, 2.75) is 26.2 Å². The Balaban J connectivity index is 1.49. The van der Waals surface area contributed by atoms with Crippen LogP contribution in [0.5, 0.6) is 5.88 Å². The molecule has 3 heterocycles. The predicted octanol–water partition coefficient (Wildman–Crippen LogP) is 3.94. The van der Waals surface area contributed by atoms with Crippen molar-refractivity contribution in [3.63, 3.8) is 0 Å². The van der Waals surface area contributed by atoms with Crippen LogP contribution in [0.15, 0.2) is 48.9 Å². The third-order valence-corrected chi connectivity index (χ3v) is 4.66. The number of carbonyl (C=O) groups excluding carboxylic acids is 1. The fourth-order valence-electron chi connectivity index (χ4n) is 3.28. The molecule has 154 valence electrons. The maximum absolute atomic E-state index is 12.8. The van der Waals surface area contributed by atoms with Crippen molar-refractivity contribution in [2.24, 2.45) is 0 Å². The minimum Gasteiger partial charge on any atom is -0.467 e. The zero-order valence-corrected chi connectivity index (χ0v) is 16.0. The number of rotatable bonds is 5. The fraction of sp³-hybridized carbons (Fsp3) is 0.238. The Labute approximate surface area is 170 Å². The molecule has 0 N–H and O–H groups in total. The second kappa shape index (κ2) is 7.74. The first-order valence-corrected chi connectivity index (χ1v) is 9.15. The number of ether oxygens (including phenoxy) is 1. The first-order chi connectivity index (χ1) is 14.3. The lowest BCUT2D eigenvalue weighted by atomic mass is 10.0. The van der Waals surface area contributed by atoms with E-state index in [1.807, 2.05) is 43.3 Å². The number of amides is 1. The van der Waals surface area contributed by atoms with E-state index < -0.39 is 18.7 Å². The molecule has 4 rings (SSSR count). The third-order valence-electron chi connectivity index (χ3n) is 4.66. The van der Waals surface area contributed by atoms with Gasteiger partial charge in [0.25, 0.3) is 5.91 Å². The average Bonchev–Trinajstić information content (AvgIpc) is 3.02. The normalized spacial score (nSPS) is 13.5. The number of benzene rings is 1. The monoisotopic (exact) mass is 414 g/mol. The minimum absolute atomic E-state index is 0.00868. The van der Waals surface area contributed by atoms with Gasteiger partial charge in [-0.25, -0.2) is 9.97 Å². The molecule has 0 saturated heterocycles. The van der Waals surface area contributed by atoms with Gasteiger partial charge in [0.15, 0.2) is 6.61 Å². The molecule has 0 radical (unpaired) electrons. The van der Waals surface area contributed by atoms with E-state index in [2.05, 4.69) is 15.0 Å². The van der Waals surface area contributed by atoms with Crippen LogP contribution >= 0.6 is 0 Å². The number of pyridine rings is 1. The van der Waals surface area contributed by atoms with E-state index in [4.69, 9.17) is 4.74 Å². The highest BCUT2D eigenvalue weighted by Gasteiger charge is 2.35. The van der Waals surface area contributed by atoms with Crippen LogP contribution in [0, 0.1) is 6.92 Å². The smallest absolute Gasteiger partial charge is 0.422 e. The number of fused-ring (bicyclic) bond motifs is 1. The summed E-state index contributed by atoms with van der Waals surface area (Å²) in [7, 11) is 0. The highest BCUT2D eigenvalue weighted by Crippen LogP contribution is 2.30. The number of nitrogens with zero attached hydrogens (tertiary/aromatic N) is 4. The van der Waals surface area contributed by atoms with Crippen molar-refractivity contribution in [1.82, 2.24) is 19.9 Å². The number of carbonyl (C=O) groups is 1. The molecule has 30 heavy (non-hydrogen) atoms. The number of aromatic nitrogens is 3. The maximum Gasteiger partial charge on any atom is 0.422 e.